The van der Waals surface area contributed by atoms with Gasteiger partial charge in [-0.2, -0.15) is 0 Å². The van der Waals surface area contributed by atoms with Gasteiger partial charge >= 0.3 is 0 Å². The lowest BCUT2D eigenvalue weighted by atomic mass is 10.2. The van der Waals surface area contributed by atoms with Crippen molar-refractivity contribution < 1.29 is 8.42 Å². The van der Waals surface area contributed by atoms with Crippen LogP contribution in [0.2, 0.25) is 5.15 Å². The van der Waals surface area contributed by atoms with Crippen molar-refractivity contribution in [2.24, 2.45) is 0 Å². The quantitative estimate of drug-likeness (QED) is 0.770. The molecule has 0 radical (unpaired) electrons. The van der Waals surface area contributed by atoms with Crippen molar-refractivity contribution in [2.75, 3.05) is 11.4 Å². The third-order valence-electron chi connectivity index (χ3n) is 2.87. The average molecular weight is 376 g/mol. The molecule has 1 aromatic carbocycles. The van der Waals surface area contributed by atoms with Crippen LogP contribution in [-0.4, -0.2) is 20.4 Å². The smallest absolute Gasteiger partial charge is 0.267 e. The highest BCUT2D eigenvalue weighted by Gasteiger charge is 2.25. The van der Waals surface area contributed by atoms with Gasteiger partial charge in [-0.05, 0) is 40.5 Å². The first-order valence-electron chi connectivity index (χ1n) is 5.69. The van der Waals surface area contributed by atoms with E-state index in [4.69, 9.17) is 11.6 Å². The Morgan fingerprint density at radius 3 is 2.60 bits per heavy atom. The summed E-state index contributed by atoms with van der Waals surface area (Å²) < 4.78 is 27.0. The molecule has 0 saturated heterocycles. The lowest BCUT2D eigenvalue weighted by molar-refractivity contribution is 0.594. The first kappa shape index (κ1) is 15.3. The van der Waals surface area contributed by atoms with Gasteiger partial charge in [-0.15, -0.1) is 0 Å². The van der Waals surface area contributed by atoms with Crippen LogP contribution in [0, 0.1) is 6.92 Å². The van der Waals surface area contributed by atoms with Gasteiger partial charge in [0, 0.05) is 17.7 Å². The summed E-state index contributed by atoms with van der Waals surface area (Å²) in [5.74, 6) is 0. The van der Waals surface area contributed by atoms with Crippen LogP contribution >= 0.6 is 27.5 Å². The zero-order valence-corrected chi connectivity index (χ0v) is 14.0. The summed E-state index contributed by atoms with van der Waals surface area (Å²) in [5, 5.41) is -0.0476. The third kappa shape index (κ3) is 2.82. The van der Waals surface area contributed by atoms with E-state index in [-0.39, 0.29) is 10.0 Å². The number of sulfonamides is 1. The third-order valence-corrected chi connectivity index (χ3v) is 5.50. The molecule has 0 N–H and O–H groups in total. The van der Waals surface area contributed by atoms with E-state index in [0.29, 0.717) is 10.2 Å². The molecule has 20 heavy (non-hydrogen) atoms. The maximum Gasteiger partial charge on any atom is 0.267 e. The van der Waals surface area contributed by atoms with E-state index in [2.05, 4.69) is 20.9 Å². The second-order valence-electron chi connectivity index (χ2n) is 4.20. The lowest BCUT2D eigenvalue weighted by Crippen LogP contribution is -2.27. The van der Waals surface area contributed by atoms with Crippen molar-refractivity contribution in [1.82, 2.24) is 4.98 Å². The van der Waals surface area contributed by atoms with E-state index in [1.54, 1.807) is 12.1 Å². The molecule has 1 heterocycles. The molecule has 2 rings (SSSR count). The number of aromatic nitrogens is 1. The number of nitrogens with zero attached hydrogens (tertiary/aromatic N) is 2. The van der Waals surface area contributed by atoms with Crippen LogP contribution in [0.5, 0.6) is 0 Å². The molecule has 0 saturated carbocycles. The Kier molecular flexibility index (Phi) is 4.36. The first-order chi connectivity index (χ1) is 9.34. The molecule has 7 heteroatoms. The van der Waals surface area contributed by atoms with E-state index in [0.717, 1.165) is 5.56 Å². The normalized spacial score (nSPS) is 11.4. The van der Waals surface area contributed by atoms with E-state index in [1.807, 2.05) is 19.1 Å². The first-order valence-corrected chi connectivity index (χ1v) is 8.31. The molecule has 1 aromatic heterocycles. The lowest BCUT2D eigenvalue weighted by Gasteiger charge is -2.21. The van der Waals surface area contributed by atoms with Crippen LogP contribution in [0.3, 0.4) is 0 Å². The van der Waals surface area contributed by atoms with Crippen molar-refractivity contribution in [3.63, 3.8) is 0 Å². The molecule has 4 nitrogen and oxygen atoms in total. The topological polar surface area (TPSA) is 50.3 Å². The van der Waals surface area contributed by atoms with Crippen LogP contribution < -0.4 is 4.31 Å². The van der Waals surface area contributed by atoms with Gasteiger partial charge in [0.15, 0.2) is 0 Å². The zero-order valence-electron chi connectivity index (χ0n) is 10.8. The van der Waals surface area contributed by atoms with Gasteiger partial charge in [0.1, 0.15) is 10.0 Å². The predicted molar refractivity (Wildman–Crippen MR) is 83.7 cm³/mol. The average Bonchev–Trinajstić information content (AvgIpc) is 2.41. The van der Waals surface area contributed by atoms with Crippen LogP contribution in [0.1, 0.15) is 5.56 Å². The Morgan fingerprint density at radius 2 is 1.95 bits per heavy atom. The molecule has 0 atom stereocenters. The molecule has 0 aliphatic carbocycles. The monoisotopic (exact) mass is 374 g/mol. The second-order valence-corrected chi connectivity index (χ2v) is 7.41. The number of anilines is 1. The number of pyridine rings is 1. The van der Waals surface area contributed by atoms with E-state index >= 15 is 0 Å². The van der Waals surface area contributed by atoms with Crippen LogP contribution in [0.25, 0.3) is 0 Å². The highest BCUT2D eigenvalue weighted by Crippen LogP contribution is 2.29. The van der Waals surface area contributed by atoms with Crippen LogP contribution in [0.4, 0.5) is 5.69 Å². The fourth-order valence-corrected chi connectivity index (χ4v) is 3.96. The van der Waals surface area contributed by atoms with Gasteiger partial charge in [0.2, 0.25) is 0 Å². The van der Waals surface area contributed by atoms with E-state index in [1.165, 1.54) is 23.6 Å². The SMILES string of the molecule is Cc1ccccc1N(C)S(=O)(=O)c1cc(Br)cnc1Cl. The van der Waals surface area contributed by atoms with Gasteiger partial charge in [-0.3, -0.25) is 4.31 Å². The van der Waals surface area contributed by atoms with Crippen molar-refractivity contribution in [3.8, 4) is 0 Å². The fourth-order valence-electron chi connectivity index (χ4n) is 1.78. The fraction of sp³-hybridized carbons (Fsp3) is 0.154. The molecule has 0 bridgehead atoms. The summed E-state index contributed by atoms with van der Waals surface area (Å²) in [4.78, 5) is 3.83. The number of aryl methyl sites for hydroxylation is 1. The Bertz CT molecular complexity index is 750. The van der Waals surface area contributed by atoms with Gasteiger partial charge in [-0.1, -0.05) is 29.8 Å². The summed E-state index contributed by atoms with van der Waals surface area (Å²) in [6, 6.07) is 8.68. The summed E-state index contributed by atoms with van der Waals surface area (Å²) in [6.07, 6.45) is 1.45. The molecule has 0 aliphatic heterocycles. The largest absolute Gasteiger partial charge is 0.269 e. The summed E-state index contributed by atoms with van der Waals surface area (Å²) >= 11 is 9.12. The predicted octanol–water partition coefficient (Wildman–Crippen LogP) is 3.63. The van der Waals surface area contributed by atoms with Crippen molar-refractivity contribution in [1.29, 1.82) is 0 Å². The molecule has 0 fully saturated rings. The maximum atomic E-state index is 12.6. The molecule has 106 valence electrons. The van der Waals surface area contributed by atoms with E-state index < -0.39 is 10.0 Å². The van der Waals surface area contributed by atoms with Crippen LogP contribution in [-0.2, 0) is 10.0 Å². The molecular formula is C13H12BrClN2O2S. The van der Waals surface area contributed by atoms with Gasteiger partial charge in [0.25, 0.3) is 10.0 Å². The summed E-state index contributed by atoms with van der Waals surface area (Å²) in [5.41, 5.74) is 1.46. The highest BCUT2D eigenvalue weighted by molar-refractivity contribution is 9.10. The molecule has 2 aromatic rings. The van der Waals surface area contributed by atoms with Crippen molar-refractivity contribution in [3.05, 3.63) is 51.7 Å². The van der Waals surface area contributed by atoms with Gasteiger partial charge in [0.05, 0.1) is 5.69 Å². The standard InChI is InChI=1S/C13H12BrClN2O2S/c1-9-5-3-4-6-11(9)17(2)20(18,19)12-7-10(14)8-16-13(12)15/h3-8H,1-2H3. The minimum atomic E-state index is -3.76. The number of hydrogen-bond acceptors (Lipinski definition) is 3. The Morgan fingerprint density at radius 1 is 1.30 bits per heavy atom. The van der Waals surface area contributed by atoms with E-state index in [9.17, 15) is 8.42 Å². The molecule has 0 aliphatic rings. The van der Waals surface area contributed by atoms with Gasteiger partial charge in [-0.25, -0.2) is 13.4 Å². The molecular weight excluding hydrogens is 364 g/mol. The Labute approximate surface area is 131 Å². The minimum absolute atomic E-state index is 0.0284. The number of rotatable bonds is 3. The van der Waals surface area contributed by atoms with Crippen LogP contribution in [0.15, 0.2) is 45.9 Å². The summed E-state index contributed by atoms with van der Waals surface area (Å²) in [6.45, 7) is 1.85. The Hall–Kier alpha value is -1.11. The molecule has 0 amide bonds. The second kappa shape index (κ2) is 5.71. The molecule has 0 unspecified atom stereocenters. The summed E-state index contributed by atoms with van der Waals surface area (Å²) in [7, 11) is -2.26. The number of halogens is 2. The molecule has 0 spiro atoms. The number of para-hydroxylation sites is 1. The van der Waals surface area contributed by atoms with Crippen molar-refractivity contribution in [2.45, 2.75) is 11.8 Å². The zero-order chi connectivity index (χ0) is 14.9. The Balaban J connectivity index is 2.56. The maximum absolute atomic E-state index is 12.6. The van der Waals surface area contributed by atoms with Crippen molar-refractivity contribution >= 4 is 43.2 Å². The minimum Gasteiger partial charge on any atom is -0.269 e. The highest BCUT2D eigenvalue weighted by atomic mass is 79.9. The van der Waals surface area contributed by atoms with Gasteiger partial charge < -0.3 is 0 Å². The number of hydrogen-bond donors (Lipinski definition) is 0. The number of benzene rings is 1.